The molecule has 0 aliphatic rings. The van der Waals surface area contributed by atoms with Crippen LogP contribution in [0.2, 0.25) is 10.0 Å². The van der Waals surface area contributed by atoms with E-state index in [-0.39, 0.29) is 5.57 Å². The van der Waals surface area contributed by atoms with E-state index >= 15 is 0 Å². The van der Waals surface area contributed by atoms with Crippen LogP contribution in [0.25, 0.3) is 6.08 Å². The minimum atomic E-state index is -0.547. The van der Waals surface area contributed by atoms with Crippen LogP contribution in [0.3, 0.4) is 0 Å². The van der Waals surface area contributed by atoms with Crippen LogP contribution < -0.4 is 10.1 Å². The van der Waals surface area contributed by atoms with Crippen LogP contribution >= 0.6 is 35.0 Å². The van der Waals surface area contributed by atoms with Gasteiger partial charge >= 0.3 is 0 Å². The molecule has 0 aromatic heterocycles. The maximum Gasteiger partial charge on any atom is 0.266 e. The average Bonchev–Trinajstić information content (AvgIpc) is 2.58. The summed E-state index contributed by atoms with van der Waals surface area (Å²) in [7, 11) is 1.57. The molecule has 0 aliphatic heterocycles. The molecule has 2 aromatic rings. The molecule has 0 radical (unpaired) electrons. The Kier molecular flexibility index (Phi) is 6.77. The lowest BCUT2D eigenvalue weighted by atomic mass is 10.1. The Hall–Kier alpha value is -2.13. The summed E-state index contributed by atoms with van der Waals surface area (Å²) in [5.74, 6) is 0.134. The molecule has 1 amide bonds. The van der Waals surface area contributed by atoms with E-state index in [0.29, 0.717) is 27.0 Å². The average molecular weight is 393 g/mol. The number of carbonyl (C=O) groups excluding carboxylic acids is 1. The zero-order valence-electron chi connectivity index (χ0n) is 13.5. The standard InChI is InChI=1S/C18H14Cl2N2O2S/c1-24-16-6-11(3-4-17(16)25-2)5-12(10-21)18(23)22-15-8-13(19)7-14(20)9-15/h3-9H,1-2H3,(H,22,23). The van der Waals surface area contributed by atoms with Gasteiger partial charge < -0.3 is 10.1 Å². The number of nitriles is 1. The summed E-state index contributed by atoms with van der Waals surface area (Å²) in [4.78, 5) is 13.3. The molecule has 0 bridgehead atoms. The van der Waals surface area contributed by atoms with Gasteiger partial charge in [-0.15, -0.1) is 11.8 Å². The van der Waals surface area contributed by atoms with Gasteiger partial charge in [0.15, 0.2) is 0 Å². The Morgan fingerprint density at radius 3 is 2.48 bits per heavy atom. The fraction of sp³-hybridized carbons (Fsp3) is 0.111. The van der Waals surface area contributed by atoms with E-state index < -0.39 is 5.91 Å². The van der Waals surface area contributed by atoms with Crippen LogP contribution in [-0.2, 0) is 4.79 Å². The second-order valence-electron chi connectivity index (χ2n) is 4.90. The summed E-state index contributed by atoms with van der Waals surface area (Å²) in [6.45, 7) is 0. The number of hydrogen-bond acceptors (Lipinski definition) is 4. The Labute approximate surface area is 160 Å². The molecule has 0 unspecified atom stereocenters. The topological polar surface area (TPSA) is 62.1 Å². The van der Waals surface area contributed by atoms with Crippen molar-refractivity contribution >= 4 is 52.6 Å². The number of rotatable bonds is 5. The summed E-state index contributed by atoms with van der Waals surface area (Å²) in [6.07, 6.45) is 3.44. The molecule has 1 N–H and O–H groups in total. The highest BCUT2D eigenvalue weighted by atomic mass is 35.5. The molecular weight excluding hydrogens is 379 g/mol. The highest BCUT2D eigenvalue weighted by Crippen LogP contribution is 2.29. The van der Waals surface area contributed by atoms with Gasteiger partial charge in [0.2, 0.25) is 0 Å². The molecule has 2 aromatic carbocycles. The molecule has 0 atom stereocenters. The molecule has 4 nitrogen and oxygen atoms in total. The summed E-state index contributed by atoms with van der Waals surface area (Å²) >= 11 is 13.4. The summed E-state index contributed by atoms with van der Waals surface area (Å²) in [5.41, 5.74) is 1.06. The van der Waals surface area contributed by atoms with E-state index in [1.807, 2.05) is 24.5 Å². The zero-order valence-corrected chi connectivity index (χ0v) is 15.8. The molecule has 0 saturated carbocycles. The maximum absolute atomic E-state index is 12.3. The first kappa shape index (κ1) is 19.2. The molecule has 7 heteroatoms. The quantitative estimate of drug-likeness (QED) is 0.427. The lowest BCUT2D eigenvalue weighted by Crippen LogP contribution is -2.13. The summed E-state index contributed by atoms with van der Waals surface area (Å²) in [6, 6.07) is 12.0. The van der Waals surface area contributed by atoms with Crippen molar-refractivity contribution in [2.24, 2.45) is 0 Å². The Morgan fingerprint density at radius 2 is 1.92 bits per heavy atom. The zero-order chi connectivity index (χ0) is 18.4. The van der Waals surface area contributed by atoms with Crippen molar-refractivity contribution in [3.8, 4) is 11.8 Å². The molecule has 25 heavy (non-hydrogen) atoms. The third-order valence-electron chi connectivity index (χ3n) is 3.20. The Morgan fingerprint density at radius 1 is 1.24 bits per heavy atom. The smallest absolute Gasteiger partial charge is 0.266 e. The van der Waals surface area contributed by atoms with Crippen molar-refractivity contribution in [2.45, 2.75) is 4.90 Å². The number of amides is 1. The second kappa shape index (κ2) is 8.82. The number of hydrogen-bond donors (Lipinski definition) is 1. The highest BCUT2D eigenvalue weighted by molar-refractivity contribution is 7.98. The Bertz CT molecular complexity index is 856. The third-order valence-corrected chi connectivity index (χ3v) is 4.42. The first-order chi connectivity index (χ1) is 12.0. The van der Waals surface area contributed by atoms with Gasteiger partial charge in [-0.05, 0) is 48.2 Å². The molecule has 0 spiro atoms. The first-order valence-corrected chi connectivity index (χ1v) is 9.06. The lowest BCUT2D eigenvalue weighted by Gasteiger charge is -2.08. The first-order valence-electron chi connectivity index (χ1n) is 7.08. The lowest BCUT2D eigenvalue weighted by molar-refractivity contribution is -0.112. The van der Waals surface area contributed by atoms with Crippen molar-refractivity contribution in [1.29, 1.82) is 5.26 Å². The van der Waals surface area contributed by atoms with Crippen molar-refractivity contribution < 1.29 is 9.53 Å². The van der Waals surface area contributed by atoms with Gasteiger partial charge in [0, 0.05) is 20.6 Å². The van der Waals surface area contributed by atoms with Crippen LogP contribution in [0.1, 0.15) is 5.56 Å². The number of carbonyl (C=O) groups is 1. The van der Waals surface area contributed by atoms with E-state index in [4.69, 9.17) is 27.9 Å². The highest BCUT2D eigenvalue weighted by Gasteiger charge is 2.11. The Balaban J connectivity index is 2.27. The normalized spacial score (nSPS) is 10.9. The van der Waals surface area contributed by atoms with Crippen LogP contribution in [0.4, 0.5) is 5.69 Å². The second-order valence-corrected chi connectivity index (χ2v) is 6.62. The number of anilines is 1. The van der Waals surface area contributed by atoms with Crippen molar-refractivity contribution in [3.05, 3.63) is 57.6 Å². The third kappa shape index (κ3) is 5.17. The molecule has 0 heterocycles. The van der Waals surface area contributed by atoms with Crippen LogP contribution in [0.15, 0.2) is 46.9 Å². The van der Waals surface area contributed by atoms with Crippen molar-refractivity contribution in [3.63, 3.8) is 0 Å². The number of nitrogens with zero attached hydrogens (tertiary/aromatic N) is 1. The van der Waals surface area contributed by atoms with Gasteiger partial charge in [-0.2, -0.15) is 5.26 Å². The van der Waals surface area contributed by atoms with Crippen LogP contribution in [0.5, 0.6) is 5.75 Å². The monoisotopic (exact) mass is 392 g/mol. The number of benzene rings is 2. The van der Waals surface area contributed by atoms with Gasteiger partial charge in [0.25, 0.3) is 5.91 Å². The number of ether oxygens (including phenoxy) is 1. The van der Waals surface area contributed by atoms with E-state index in [2.05, 4.69) is 5.32 Å². The molecule has 2 rings (SSSR count). The molecular formula is C18H14Cl2N2O2S. The fourth-order valence-electron chi connectivity index (χ4n) is 2.08. The summed E-state index contributed by atoms with van der Waals surface area (Å²) in [5, 5.41) is 12.7. The van der Waals surface area contributed by atoms with E-state index in [1.54, 1.807) is 43.1 Å². The summed E-state index contributed by atoms with van der Waals surface area (Å²) < 4.78 is 5.31. The number of thioether (sulfide) groups is 1. The maximum atomic E-state index is 12.3. The number of nitrogens with one attached hydrogen (secondary N) is 1. The van der Waals surface area contributed by atoms with Gasteiger partial charge in [0.1, 0.15) is 17.4 Å². The fourth-order valence-corrected chi connectivity index (χ4v) is 3.16. The van der Waals surface area contributed by atoms with Gasteiger partial charge in [0.05, 0.1) is 7.11 Å². The predicted octanol–water partition coefficient (Wildman–Crippen LogP) is 5.27. The minimum absolute atomic E-state index is 0.0462. The van der Waals surface area contributed by atoms with Gasteiger partial charge in [-0.1, -0.05) is 29.3 Å². The van der Waals surface area contributed by atoms with Gasteiger partial charge in [-0.3, -0.25) is 4.79 Å². The molecule has 0 fully saturated rings. The van der Waals surface area contributed by atoms with Gasteiger partial charge in [-0.25, -0.2) is 0 Å². The van der Waals surface area contributed by atoms with E-state index in [0.717, 1.165) is 4.90 Å². The van der Waals surface area contributed by atoms with E-state index in [9.17, 15) is 10.1 Å². The molecule has 0 saturated heterocycles. The number of halogens is 2. The van der Waals surface area contributed by atoms with Crippen molar-refractivity contribution in [1.82, 2.24) is 0 Å². The molecule has 0 aliphatic carbocycles. The van der Waals surface area contributed by atoms with Crippen molar-refractivity contribution in [2.75, 3.05) is 18.7 Å². The largest absolute Gasteiger partial charge is 0.496 e. The van der Waals surface area contributed by atoms with E-state index in [1.165, 1.54) is 6.08 Å². The van der Waals surface area contributed by atoms with Crippen LogP contribution in [-0.4, -0.2) is 19.3 Å². The predicted molar refractivity (Wildman–Crippen MR) is 103 cm³/mol. The number of methoxy groups -OCH3 is 1. The minimum Gasteiger partial charge on any atom is -0.496 e. The molecule has 128 valence electrons. The SMILES string of the molecule is COc1cc(C=C(C#N)C(=O)Nc2cc(Cl)cc(Cl)c2)ccc1SC. The van der Waals surface area contributed by atoms with Crippen LogP contribution in [0, 0.1) is 11.3 Å².